The maximum Gasteiger partial charge on any atom is 0.0650 e. The van der Waals surface area contributed by atoms with Crippen molar-refractivity contribution in [3.05, 3.63) is 0 Å². The van der Waals surface area contributed by atoms with Gasteiger partial charge in [-0.1, -0.05) is 42.4 Å². The first-order valence-electron chi connectivity index (χ1n) is 4.33. The first-order valence-corrected chi connectivity index (χ1v) is 5.85. The highest BCUT2D eigenvalue weighted by Crippen LogP contribution is 2.26. The van der Waals surface area contributed by atoms with E-state index in [1.165, 1.54) is 25.7 Å². The van der Waals surface area contributed by atoms with E-state index in [9.17, 15) is 0 Å². The fourth-order valence-corrected chi connectivity index (χ4v) is 2.38. The Morgan fingerprint density at radius 3 is 2.64 bits per heavy atom. The molecule has 0 bridgehead atoms. The molecule has 1 unspecified atom stereocenters. The zero-order valence-corrected chi connectivity index (χ0v) is 9.25. The second-order valence-electron chi connectivity index (χ2n) is 3.46. The van der Waals surface area contributed by atoms with Crippen molar-refractivity contribution in [3.8, 4) is 0 Å². The number of nitrogens with two attached hydrogens (primary N) is 1. The Kier molecular flexibility index (Phi) is 4.09. The van der Waals surface area contributed by atoms with Crippen molar-refractivity contribution in [1.82, 2.24) is 5.01 Å². The van der Waals surface area contributed by atoms with Crippen LogP contribution in [-0.4, -0.2) is 15.6 Å². The van der Waals surface area contributed by atoms with E-state index in [1.54, 1.807) is 0 Å². The molecule has 0 saturated heterocycles. The lowest BCUT2D eigenvalue weighted by atomic mass is 9.86. The summed E-state index contributed by atoms with van der Waals surface area (Å²) >= 11 is 2.33. The van der Waals surface area contributed by atoms with Gasteiger partial charge in [0.05, 0.1) is 4.55 Å². The summed E-state index contributed by atoms with van der Waals surface area (Å²) in [6, 6.07) is 0.639. The SMILES string of the molecule is C[C@H]1CCCCC1N(N)CI. The number of rotatable bonds is 2. The van der Waals surface area contributed by atoms with Gasteiger partial charge in [0.2, 0.25) is 0 Å². The molecular formula is C8H17IN2. The molecule has 2 atom stereocenters. The molecule has 1 aliphatic rings. The Balaban J connectivity index is 2.40. The van der Waals surface area contributed by atoms with E-state index in [0.29, 0.717) is 6.04 Å². The molecule has 2 N–H and O–H groups in total. The Morgan fingerprint density at radius 2 is 2.09 bits per heavy atom. The maximum atomic E-state index is 5.86. The summed E-state index contributed by atoms with van der Waals surface area (Å²) in [6.07, 6.45) is 5.40. The smallest absolute Gasteiger partial charge is 0.0650 e. The minimum Gasteiger partial charge on any atom is -0.268 e. The lowest BCUT2D eigenvalue weighted by molar-refractivity contribution is 0.138. The highest BCUT2D eigenvalue weighted by Gasteiger charge is 2.24. The normalized spacial score (nSPS) is 32.7. The van der Waals surface area contributed by atoms with Gasteiger partial charge in [0.1, 0.15) is 0 Å². The van der Waals surface area contributed by atoms with Gasteiger partial charge in [0.25, 0.3) is 0 Å². The van der Waals surface area contributed by atoms with Crippen LogP contribution in [-0.2, 0) is 0 Å². The topological polar surface area (TPSA) is 29.3 Å². The van der Waals surface area contributed by atoms with Crippen LogP contribution in [0.4, 0.5) is 0 Å². The van der Waals surface area contributed by atoms with Crippen LogP contribution in [0.25, 0.3) is 0 Å². The zero-order chi connectivity index (χ0) is 8.27. The molecule has 11 heavy (non-hydrogen) atoms. The van der Waals surface area contributed by atoms with Crippen LogP contribution >= 0.6 is 22.6 Å². The first-order chi connectivity index (χ1) is 5.25. The van der Waals surface area contributed by atoms with Gasteiger partial charge in [-0.15, -0.1) is 0 Å². The van der Waals surface area contributed by atoms with Crippen LogP contribution in [0.3, 0.4) is 0 Å². The first kappa shape index (κ1) is 9.74. The summed E-state index contributed by atoms with van der Waals surface area (Å²) in [7, 11) is 0. The number of hydrazine groups is 1. The summed E-state index contributed by atoms with van der Waals surface area (Å²) < 4.78 is 0.951. The van der Waals surface area contributed by atoms with E-state index in [0.717, 1.165) is 10.5 Å². The van der Waals surface area contributed by atoms with E-state index in [-0.39, 0.29) is 0 Å². The molecule has 1 fully saturated rings. The molecule has 1 rings (SSSR count). The quantitative estimate of drug-likeness (QED) is 0.273. The summed E-state index contributed by atoms with van der Waals surface area (Å²) in [5.41, 5.74) is 0. The zero-order valence-electron chi connectivity index (χ0n) is 7.09. The highest BCUT2D eigenvalue weighted by molar-refractivity contribution is 14.1. The van der Waals surface area contributed by atoms with Crippen LogP contribution in [0.5, 0.6) is 0 Å². The van der Waals surface area contributed by atoms with Crippen molar-refractivity contribution in [1.29, 1.82) is 0 Å². The van der Waals surface area contributed by atoms with Crippen molar-refractivity contribution < 1.29 is 0 Å². The molecule has 0 spiro atoms. The lowest BCUT2D eigenvalue weighted by Gasteiger charge is -2.34. The van der Waals surface area contributed by atoms with Gasteiger partial charge in [-0.05, 0) is 18.8 Å². The van der Waals surface area contributed by atoms with Gasteiger partial charge in [-0.25, -0.2) is 5.01 Å². The van der Waals surface area contributed by atoms with Crippen molar-refractivity contribution in [3.63, 3.8) is 0 Å². The second-order valence-corrected chi connectivity index (χ2v) is 4.15. The lowest BCUT2D eigenvalue weighted by Crippen LogP contribution is -2.45. The van der Waals surface area contributed by atoms with Crippen LogP contribution in [0.1, 0.15) is 32.6 Å². The molecular weight excluding hydrogens is 251 g/mol. The third-order valence-corrected chi connectivity index (χ3v) is 3.42. The predicted octanol–water partition coefficient (Wildman–Crippen LogP) is 2.13. The Morgan fingerprint density at radius 1 is 1.45 bits per heavy atom. The Labute approximate surface area is 82.6 Å². The van der Waals surface area contributed by atoms with E-state index < -0.39 is 0 Å². The predicted molar refractivity (Wildman–Crippen MR) is 56.3 cm³/mol. The maximum absolute atomic E-state index is 5.86. The molecule has 2 nitrogen and oxygen atoms in total. The standard InChI is InChI=1S/C8H17IN2/c1-7-4-2-3-5-8(7)11(10)6-9/h7-8H,2-6,10H2,1H3/t7-,8?/m0/s1. The molecule has 0 aromatic heterocycles. The van der Waals surface area contributed by atoms with Gasteiger partial charge in [-0.2, -0.15) is 0 Å². The molecule has 0 aliphatic heterocycles. The monoisotopic (exact) mass is 268 g/mol. The van der Waals surface area contributed by atoms with Crippen molar-refractivity contribution in [2.45, 2.75) is 38.6 Å². The molecule has 0 aromatic rings. The van der Waals surface area contributed by atoms with E-state index in [1.807, 2.05) is 5.01 Å². The molecule has 0 aromatic carbocycles. The van der Waals surface area contributed by atoms with Crippen molar-refractivity contribution in [2.75, 3.05) is 4.55 Å². The Bertz CT molecular complexity index is 115. The molecule has 1 aliphatic carbocycles. The average Bonchev–Trinajstić information content (AvgIpc) is 2.04. The number of hydrogen-bond donors (Lipinski definition) is 1. The molecule has 0 radical (unpaired) electrons. The minimum atomic E-state index is 0.639. The van der Waals surface area contributed by atoms with Gasteiger partial charge >= 0.3 is 0 Å². The van der Waals surface area contributed by atoms with Crippen molar-refractivity contribution >= 4 is 22.6 Å². The largest absolute Gasteiger partial charge is 0.268 e. The molecule has 3 heteroatoms. The van der Waals surface area contributed by atoms with Crippen LogP contribution in [0, 0.1) is 5.92 Å². The number of alkyl halides is 1. The van der Waals surface area contributed by atoms with Crippen molar-refractivity contribution in [2.24, 2.45) is 11.8 Å². The van der Waals surface area contributed by atoms with Gasteiger partial charge in [0.15, 0.2) is 0 Å². The molecule has 1 saturated carbocycles. The fourth-order valence-electron chi connectivity index (χ4n) is 1.88. The van der Waals surface area contributed by atoms with E-state index in [2.05, 4.69) is 29.5 Å². The average molecular weight is 268 g/mol. The third-order valence-electron chi connectivity index (χ3n) is 2.63. The number of nitrogens with zero attached hydrogens (tertiary/aromatic N) is 1. The summed E-state index contributed by atoms with van der Waals surface area (Å²) in [4.78, 5) is 0. The van der Waals surface area contributed by atoms with E-state index >= 15 is 0 Å². The summed E-state index contributed by atoms with van der Waals surface area (Å²) in [5.74, 6) is 6.66. The molecule has 0 amide bonds. The number of hydrogen-bond acceptors (Lipinski definition) is 2. The minimum absolute atomic E-state index is 0.639. The highest BCUT2D eigenvalue weighted by atomic mass is 127. The second kappa shape index (κ2) is 4.62. The van der Waals surface area contributed by atoms with Gasteiger partial charge in [0, 0.05) is 6.04 Å². The van der Waals surface area contributed by atoms with Crippen LogP contribution in [0.2, 0.25) is 0 Å². The van der Waals surface area contributed by atoms with Crippen LogP contribution < -0.4 is 5.84 Å². The molecule has 0 heterocycles. The summed E-state index contributed by atoms with van der Waals surface area (Å²) in [6.45, 7) is 2.32. The molecule has 66 valence electrons. The third kappa shape index (κ3) is 2.56. The number of halogens is 1. The van der Waals surface area contributed by atoms with Gasteiger partial charge in [-0.3, -0.25) is 5.84 Å². The Hall–Kier alpha value is 0.650. The van der Waals surface area contributed by atoms with Gasteiger partial charge < -0.3 is 0 Å². The summed E-state index contributed by atoms with van der Waals surface area (Å²) in [5, 5.41) is 1.99. The van der Waals surface area contributed by atoms with E-state index in [4.69, 9.17) is 5.84 Å². The fraction of sp³-hybridized carbons (Fsp3) is 1.00. The van der Waals surface area contributed by atoms with Crippen LogP contribution in [0.15, 0.2) is 0 Å².